The predicted octanol–water partition coefficient (Wildman–Crippen LogP) is 13.3. The third kappa shape index (κ3) is 4.98. The second-order valence-electron chi connectivity index (χ2n) is 14.8. The van der Waals surface area contributed by atoms with Crippen LogP contribution in [0.3, 0.4) is 0 Å². The Bertz CT molecular complexity index is 2950. The number of allylic oxidation sites excluding steroid dienone is 2. The zero-order valence-electron chi connectivity index (χ0n) is 31.2. The summed E-state index contributed by atoms with van der Waals surface area (Å²) in [5, 5.41) is 7.72. The number of rotatable bonds is 6. The SMILES string of the molecule is CC1=CCC(N(c2ccccc2)c2ccc3c4c5ccccc5c5c6ccc(N(c7ccccc7)c7ccc(C)cc7)cc6n(C)c5c4n(C)c3c2)C=C1. The average Bonchev–Trinajstić information content (AvgIpc) is 3.67. The van der Waals surface area contributed by atoms with Crippen molar-refractivity contribution in [2.45, 2.75) is 26.3 Å². The fraction of sp³-hybridized carbons (Fsp3) is 0.120. The van der Waals surface area contributed by atoms with Gasteiger partial charge in [-0.15, -0.1) is 0 Å². The van der Waals surface area contributed by atoms with E-state index < -0.39 is 0 Å². The van der Waals surface area contributed by atoms with E-state index in [9.17, 15) is 0 Å². The molecule has 0 aliphatic heterocycles. The van der Waals surface area contributed by atoms with E-state index in [1.165, 1.54) is 76.9 Å². The van der Waals surface area contributed by atoms with Crippen molar-refractivity contribution in [2.75, 3.05) is 9.80 Å². The van der Waals surface area contributed by atoms with Gasteiger partial charge in [0.1, 0.15) is 0 Å². The molecule has 2 aromatic heterocycles. The van der Waals surface area contributed by atoms with E-state index in [0.717, 1.165) is 23.5 Å². The Hall–Kier alpha value is -6.52. The first kappa shape index (κ1) is 32.2. The predicted molar refractivity (Wildman–Crippen MR) is 231 cm³/mol. The summed E-state index contributed by atoms with van der Waals surface area (Å²) >= 11 is 0. The maximum absolute atomic E-state index is 2.50. The highest BCUT2D eigenvalue weighted by Gasteiger charge is 2.25. The number of para-hydroxylation sites is 2. The van der Waals surface area contributed by atoms with Crippen molar-refractivity contribution >= 4 is 82.8 Å². The maximum Gasteiger partial charge on any atom is 0.0742 e. The lowest BCUT2D eigenvalue weighted by atomic mass is 9.98. The van der Waals surface area contributed by atoms with Gasteiger partial charge < -0.3 is 18.9 Å². The van der Waals surface area contributed by atoms with Gasteiger partial charge >= 0.3 is 0 Å². The van der Waals surface area contributed by atoms with Crippen molar-refractivity contribution in [3.63, 3.8) is 0 Å². The van der Waals surface area contributed by atoms with Crippen LogP contribution in [0, 0.1) is 6.92 Å². The number of anilines is 5. The van der Waals surface area contributed by atoms with E-state index in [4.69, 9.17) is 0 Å². The van der Waals surface area contributed by atoms with Gasteiger partial charge in [-0.05, 0) is 91.7 Å². The smallest absolute Gasteiger partial charge is 0.0742 e. The first-order valence-electron chi connectivity index (χ1n) is 18.9. The van der Waals surface area contributed by atoms with Crippen molar-refractivity contribution < 1.29 is 0 Å². The number of benzene rings is 7. The summed E-state index contributed by atoms with van der Waals surface area (Å²) in [6, 6.07) is 53.6. The van der Waals surface area contributed by atoms with Gasteiger partial charge in [0, 0.05) is 64.1 Å². The third-order valence-corrected chi connectivity index (χ3v) is 11.5. The lowest BCUT2D eigenvalue weighted by Crippen LogP contribution is -2.30. The van der Waals surface area contributed by atoms with Crippen LogP contribution < -0.4 is 9.80 Å². The Labute approximate surface area is 316 Å². The van der Waals surface area contributed by atoms with E-state index in [2.05, 4.69) is 211 Å². The molecule has 0 saturated heterocycles. The van der Waals surface area contributed by atoms with Crippen LogP contribution in [-0.4, -0.2) is 15.2 Å². The van der Waals surface area contributed by atoms with Gasteiger partial charge in [0.15, 0.2) is 0 Å². The lowest BCUT2D eigenvalue weighted by Gasteiger charge is -2.33. The summed E-state index contributed by atoms with van der Waals surface area (Å²) in [5.74, 6) is 0. The lowest BCUT2D eigenvalue weighted by molar-refractivity contribution is 0.779. The number of aromatic nitrogens is 2. The second-order valence-corrected chi connectivity index (χ2v) is 14.8. The highest BCUT2D eigenvalue weighted by atomic mass is 15.2. The number of nitrogens with zero attached hydrogens (tertiary/aromatic N) is 4. The van der Waals surface area contributed by atoms with E-state index in [1.807, 2.05) is 0 Å². The standard InChI is InChI=1S/C50H42N4/c1-33-19-23-37(24-20-33)53(35-13-7-5-8-14-35)39-27-29-43-45(31-39)51(3)49-47(43)41-17-11-12-18-42(41)48-44-30-28-40(32-46(44)52(4)50(48)49)54(36-15-9-6-10-16-36)38-25-21-34(2)22-26-38/h5-25,27-32,38H,26H2,1-4H3. The van der Waals surface area contributed by atoms with Gasteiger partial charge in [-0.1, -0.05) is 114 Å². The zero-order chi connectivity index (χ0) is 36.5. The maximum atomic E-state index is 2.50. The molecule has 0 N–H and O–H groups in total. The van der Waals surface area contributed by atoms with E-state index in [-0.39, 0.29) is 6.04 Å². The summed E-state index contributed by atoms with van der Waals surface area (Å²) in [6.07, 6.45) is 7.93. The summed E-state index contributed by atoms with van der Waals surface area (Å²) in [4.78, 5) is 4.86. The van der Waals surface area contributed by atoms with Crippen LogP contribution in [-0.2, 0) is 14.1 Å². The first-order chi connectivity index (χ1) is 26.5. The van der Waals surface area contributed by atoms with Crippen molar-refractivity contribution in [3.8, 4) is 0 Å². The normalized spacial score (nSPS) is 14.4. The Balaban J connectivity index is 1.22. The van der Waals surface area contributed by atoms with Crippen LogP contribution in [0.4, 0.5) is 28.4 Å². The van der Waals surface area contributed by atoms with Gasteiger partial charge in [0.05, 0.1) is 28.1 Å². The number of hydrogen-bond donors (Lipinski definition) is 0. The molecule has 0 amide bonds. The fourth-order valence-electron chi connectivity index (χ4n) is 8.90. The molecule has 4 heteroatoms. The minimum Gasteiger partial charge on any atom is -0.342 e. The molecule has 7 aromatic carbocycles. The topological polar surface area (TPSA) is 16.3 Å². The highest BCUT2D eigenvalue weighted by molar-refractivity contribution is 6.36. The zero-order valence-corrected chi connectivity index (χ0v) is 31.2. The third-order valence-electron chi connectivity index (χ3n) is 11.5. The van der Waals surface area contributed by atoms with Gasteiger partial charge in [0.25, 0.3) is 0 Å². The molecule has 1 atom stereocenters. The fourth-order valence-corrected chi connectivity index (χ4v) is 8.90. The van der Waals surface area contributed by atoms with Crippen LogP contribution in [0.25, 0.3) is 54.4 Å². The highest BCUT2D eigenvalue weighted by Crippen LogP contribution is 2.46. The average molecular weight is 699 g/mol. The molecule has 262 valence electrons. The number of aryl methyl sites for hydroxylation is 3. The van der Waals surface area contributed by atoms with Crippen LogP contribution >= 0.6 is 0 Å². The summed E-state index contributed by atoms with van der Waals surface area (Å²) in [5.41, 5.74) is 13.3. The summed E-state index contributed by atoms with van der Waals surface area (Å²) < 4.78 is 4.87. The second kappa shape index (κ2) is 12.6. The van der Waals surface area contributed by atoms with Crippen molar-refractivity contribution in [2.24, 2.45) is 14.1 Å². The molecule has 0 spiro atoms. The van der Waals surface area contributed by atoms with Crippen LogP contribution in [0.15, 0.2) is 169 Å². The molecule has 1 unspecified atom stereocenters. The number of fused-ring (bicyclic) bond motifs is 10. The van der Waals surface area contributed by atoms with Crippen LogP contribution in [0.1, 0.15) is 18.9 Å². The summed E-state index contributed by atoms with van der Waals surface area (Å²) in [7, 11) is 4.49. The van der Waals surface area contributed by atoms with E-state index in [1.54, 1.807) is 0 Å². The van der Waals surface area contributed by atoms with Crippen molar-refractivity contribution in [1.29, 1.82) is 0 Å². The van der Waals surface area contributed by atoms with Crippen molar-refractivity contribution in [1.82, 2.24) is 9.13 Å². The Morgan fingerprint density at radius 1 is 0.500 bits per heavy atom. The quantitative estimate of drug-likeness (QED) is 0.172. The largest absolute Gasteiger partial charge is 0.342 e. The Kier molecular flexibility index (Phi) is 7.48. The number of hydrogen-bond acceptors (Lipinski definition) is 2. The Morgan fingerprint density at radius 3 is 1.57 bits per heavy atom. The molecule has 1 aliphatic rings. The molecular weight excluding hydrogens is 657 g/mol. The monoisotopic (exact) mass is 698 g/mol. The molecule has 0 saturated carbocycles. The molecule has 54 heavy (non-hydrogen) atoms. The van der Waals surface area contributed by atoms with Crippen LogP contribution in [0.2, 0.25) is 0 Å². The van der Waals surface area contributed by atoms with Gasteiger partial charge in [-0.3, -0.25) is 0 Å². The van der Waals surface area contributed by atoms with Gasteiger partial charge in [-0.2, -0.15) is 0 Å². The minimum absolute atomic E-state index is 0.235. The molecule has 0 bridgehead atoms. The van der Waals surface area contributed by atoms with Crippen molar-refractivity contribution in [3.05, 3.63) is 175 Å². The minimum atomic E-state index is 0.235. The summed E-state index contributed by atoms with van der Waals surface area (Å²) in [6.45, 7) is 4.33. The molecule has 0 fully saturated rings. The molecule has 10 rings (SSSR count). The molecule has 2 heterocycles. The molecule has 4 nitrogen and oxygen atoms in total. The van der Waals surface area contributed by atoms with Crippen LogP contribution in [0.5, 0.6) is 0 Å². The molecule has 9 aromatic rings. The first-order valence-corrected chi connectivity index (χ1v) is 18.9. The van der Waals surface area contributed by atoms with Gasteiger partial charge in [0.2, 0.25) is 0 Å². The Morgan fingerprint density at radius 2 is 1.00 bits per heavy atom. The molecular formula is C50H42N4. The molecule has 0 radical (unpaired) electrons. The van der Waals surface area contributed by atoms with Gasteiger partial charge in [-0.25, -0.2) is 0 Å². The molecule has 1 aliphatic carbocycles. The van der Waals surface area contributed by atoms with E-state index >= 15 is 0 Å². The van der Waals surface area contributed by atoms with E-state index in [0.29, 0.717) is 0 Å².